The van der Waals surface area contributed by atoms with Gasteiger partial charge in [-0.1, -0.05) is 31.9 Å². The van der Waals surface area contributed by atoms with Crippen molar-refractivity contribution in [2.24, 2.45) is 5.92 Å². The lowest BCUT2D eigenvalue weighted by Gasteiger charge is -2.32. The first-order valence-electron chi connectivity index (χ1n) is 7.93. The summed E-state index contributed by atoms with van der Waals surface area (Å²) >= 11 is 0. The Morgan fingerprint density at radius 2 is 2.11 bits per heavy atom. The van der Waals surface area contributed by atoms with Crippen molar-refractivity contribution in [1.82, 2.24) is 4.90 Å². The predicted octanol–water partition coefficient (Wildman–Crippen LogP) is 3.67. The molecule has 1 aromatic rings. The van der Waals surface area contributed by atoms with E-state index in [-0.39, 0.29) is 0 Å². The lowest BCUT2D eigenvalue weighted by atomic mass is 9.92. The zero-order valence-electron chi connectivity index (χ0n) is 12.1. The summed E-state index contributed by atoms with van der Waals surface area (Å²) < 4.78 is 0. The van der Waals surface area contributed by atoms with Crippen LogP contribution in [0.5, 0.6) is 0 Å². The molecular formula is C17H26N2. The number of fused-ring (bicyclic) bond motifs is 1. The van der Waals surface area contributed by atoms with Crippen LogP contribution in [0.15, 0.2) is 18.2 Å². The molecule has 0 radical (unpaired) electrons. The van der Waals surface area contributed by atoms with Crippen LogP contribution in [0.4, 0.5) is 5.69 Å². The number of hydrogen-bond donors (Lipinski definition) is 1. The minimum atomic E-state index is 0.991. The minimum absolute atomic E-state index is 0.991. The quantitative estimate of drug-likeness (QED) is 0.886. The highest BCUT2D eigenvalue weighted by Gasteiger charge is 2.19. The number of anilines is 1. The predicted molar refractivity (Wildman–Crippen MR) is 81.5 cm³/mol. The summed E-state index contributed by atoms with van der Waals surface area (Å²) in [4.78, 5) is 2.64. The molecule has 0 atom stereocenters. The van der Waals surface area contributed by atoms with Gasteiger partial charge >= 0.3 is 0 Å². The number of piperidine rings is 1. The van der Waals surface area contributed by atoms with Crippen molar-refractivity contribution in [3.05, 3.63) is 29.3 Å². The van der Waals surface area contributed by atoms with E-state index in [0.717, 1.165) is 19.0 Å². The van der Waals surface area contributed by atoms with Gasteiger partial charge in [0.1, 0.15) is 0 Å². The topological polar surface area (TPSA) is 15.3 Å². The maximum atomic E-state index is 3.44. The Kier molecular flexibility index (Phi) is 4.07. The van der Waals surface area contributed by atoms with Crippen molar-refractivity contribution in [2.45, 2.75) is 45.6 Å². The molecule has 0 amide bonds. The number of likely N-dealkylation sites (tertiary alicyclic amines) is 1. The van der Waals surface area contributed by atoms with E-state index in [4.69, 9.17) is 0 Å². The third-order valence-corrected chi connectivity index (χ3v) is 4.69. The van der Waals surface area contributed by atoms with Crippen molar-refractivity contribution in [2.75, 3.05) is 25.0 Å². The highest BCUT2D eigenvalue weighted by molar-refractivity contribution is 5.56. The zero-order valence-corrected chi connectivity index (χ0v) is 12.1. The van der Waals surface area contributed by atoms with Crippen LogP contribution in [0.25, 0.3) is 0 Å². The summed E-state index contributed by atoms with van der Waals surface area (Å²) in [5, 5.41) is 3.44. The fraction of sp³-hybridized carbons (Fsp3) is 0.647. The van der Waals surface area contributed by atoms with Crippen LogP contribution in [0.1, 0.15) is 43.7 Å². The molecule has 0 spiro atoms. The smallest absolute Gasteiger partial charge is 0.0373 e. The van der Waals surface area contributed by atoms with Crippen LogP contribution in [-0.4, -0.2) is 24.5 Å². The first kappa shape index (κ1) is 13.0. The van der Waals surface area contributed by atoms with Gasteiger partial charge in [-0.2, -0.15) is 0 Å². The molecule has 0 aliphatic carbocycles. The van der Waals surface area contributed by atoms with Gasteiger partial charge in [0.2, 0.25) is 0 Å². The van der Waals surface area contributed by atoms with Crippen molar-refractivity contribution in [1.29, 1.82) is 0 Å². The number of hydrogen-bond acceptors (Lipinski definition) is 2. The third kappa shape index (κ3) is 3.11. The maximum Gasteiger partial charge on any atom is 0.0373 e. The van der Waals surface area contributed by atoms with Gasteiger partial charge in [-0.15, -0.1) is 0 Å². The largest absolute Gasteiger partial charge is 0.384 e. The molecular weight excluding hydrogens is 232 g/mol. The zero-order chi connectivity index (χ0) is 13.1. The fourth-order valence-corrected chi connectivity index (χ4v) is 3.56. The van der Waals surface area contributed by atoms with E-state index in [2.05, 4.69) is 35.3 Å². The van der Waals surface area contributed by atoms with Crippen LogP contribution in [0.2, 0.25) is 0 Å². The van der Waals surface area contributed by atoms with E-state index in [0.29, 0.717) is 0 Å². The molecule has 0 bridgehead atoms. The molecule has 1 saturated heterocycles. The molecule has 19 heavy (non-hydrogen) atoms. The average molecular weight is 258 g/mol. The van der Waals surface area contributed by atoms with Gasteiger partial charge in [0.05, 0.1) is 0 Å². The minimum Gasteiger partial charge on any atom is -0.384 e. The lowest BCUT2D eigenvalue weighted by Crippen LogP contribution is -2.33. The Bertz CT molecular complexity index is 419. The SMILES string of the molecule is CCCC1CCN(Cc2ccc3c(c2)CCN3)CC1. The number of nitrogens with one attached hydrogen (secondary N) is 1. The Balaban J connectivity index is 1.55. The van der Waals surface area contributed by atoms with Crippen LogP contribution in [-0.2, 0) is 13.0 Å². The Labute approximate surface area is 117 Å². The van der Waals surface area contributed by atoms with Gasteiger partial charge in [0.25, 0.3) is 0 Å². The van der Waals surface area contributed by atoms with E-state index < -0.39 is 0 Å². The molecule has 104 valence electrons. The molecule has 3 rings (SSSR count). The number of rotatable bonds is 4. The normalized spacial score (nSPS) is 20.3. The second kappa shape index (κ2) is 5.96. The molecule has 0 unspecified atom stereocenters. The van der Waals surface area contributed by atoms with E-state index in [9.17, 15) is 0 Å². The third-order valence-electron chi connectivity index (χ3n) is 4.69. The molecule has 1 N–H and O–H groups in total. The molecule has 2 heterocycles. The van der Waals surface area contributed by atoms with Crippen LogP contribution in [0, 0.1) is 5.92 Å². The van der Waals surface area contributed by atoms with E-state index in [1.54, 1.807) is 0 Å². The molecule has 2 heteroatoms. The Morgan fingerprint density at radius 1 is 1.26 bits per heavy atom. The van der Waals surface area contributed by atoms with E-state index in [1.807, 2.05) is 0 Å². The number of benzene rings is 1. The number of nitrogens with zero attached hydrogens (tertiary/aromatic N) is 1. The standard InChI is InChI=1S/C17H26N2/c1-2-3-14-7-10-19(11-8-14)13-15-4-5-17-16(12-15)6-9-18-17/h4-5,12,14,18H,2-3,6-11,13H2,1H3. The van der Waals surface area contributed by atoms with Gasteiger partial charge in [-0.25, -0.2) is 0 Å². The summed E-state index contributed by atoms with van der Waals surface area (Å²) in [7, 11) is 0. The molecule has 2 aliphatic heterocycles. The van der Waals surface area contributed by atoms with E-state index in [1.165, 1.54) is 62.0 Å². The molecule has 1 fully saturated rings. The van der Waals surface area contributed by atoms with Crippen molar-refractivity contribution < 1.29 is 0 Å². The second-order valence-corrected chi connectivity index (χ2v) is 6.18. The van der Waals surface area contributed by atoms with Crippen molar-refractivity contribution in [3.63, 3.8) is 0 Å². The van der Waals surface area contributed by atoms with Gasteiger partial charge < -0.3 is 5.32 Å². The average Bonchev–Trinajstić information content (AvgIpc) is 2.89. The summed E-state index contributed by atoms with van der Waals surface area (Å²) in [6.45, 7) is 7.15. The van der Waals surface area contributed by atoms with Crippen molar-refractivity contribution >= 4 is 5.69 Å². The Hall–Kier alpha value is -1.02. The summed E-state index contributed by atoms with van der Waals surface area (Å²) in [6.07, 6.45) is 6.78. The maximum absolute atomic E-state index is 3.44. The summed E-state index contributed by atoms with van der Waals surface area (Å²) in [6, 6.07) is 6.98. The molecule has 0 saturated carbocycles. The molecule has 0 aromatic heterocycles. The highest BCUT2D eigenvalue weighted by atomic mass is 15.1. The molecule has 1 aromatic carbocycles. The summed E-state index contributed by atoms with van der Waals surface area (Å²) in [5.41, 5.74) is 4.36. The van der Waals surface area contributed by atoms with Crippen LogP contribution in [0.3, 0.4) is 0 Å². The van der Waals surface area contributed by atoms with Crippen LogP contribution >= 0.6 is 0 Å². The first-order valence-corrected chi connectivity index (χ1v) is 7.93. The summed E-state index contributed by atoms with van der Waals surface area (Å²) in [5.74, 6) is 0.991. The van der Waals surface area contributed by atoms with Gasteiger partial charge in [-0.05, 0) is 55.5 Å². The Morgan fingerprint density at radius 3 is 2.89 bits per heavy atom. The van der Waals surface area contributed by atoms with Crippen molar-refractivity contribution in [3.8, 4) is 0 Å². The lowest BCUT2D eigenvalue weighted by molar-refractivity contribution is 0.172. The van der Waals surface area contributed by atoms with Gasteiger partial charge in [0.15, 0.2) is 0 Å². The van der Waals surface area contributed by atoms with E-state index >= 15 is 0 Å². The van der Waals surface area contributed by atoms with Gasteiger partial charge in [-0.3, -0.25) is 4.90 Å². The fourth-order valence-electron chi connectivity index (χ4n) is 3.56. The van der Waals surface area contributed by atoms with Crippen LogP contribution < -0.4 is 5.32 Å². The second-order valence-electron chi connectivity index (χ2n) is 6.18. The molecule has 2 aliphatic rings. The monoisotopic (exact) mass is 258 g/mol. The highest BCUT2D eigenvalue weighted by Crippen LogP contribution is 2.26. The van der Waals surface area contributed by atoms with Gasteiger partial charge in [0, 0.05) is 18.8 Å². The molecule has 2 nitrogen and oxygen atoms in total. The first-order chi connectivity index (χ1) is 9.35.